The highest BCUT2D eigenvalue weighted by atomic mass is 35.5. The molecule has 1 aliphatic rings. The number of ether oxygens (including phenoxy) is 1. The molecule has 1 aromatic rings. The lowest BCUT2D eigenvalue weighted by Crippen LogP contribution is -2.11. The van der Waals surface area contributed by atoms with Crippen LogP contribution in [-0.2, 0) is 6.42 Å². The first-order chi connectivity index (χ1) is 7.24. The Kier molecular flexibility index (Phi) is 2.96. The molecule has 0 aliphatic heterocycles. The van der Waals surface area contributed by atoms with E-state index in [0.29, 0.717) is 23.8 Å². The minimum atomic E-state index is 0.196. The molecule has 15 heavy (non-hydrogen) atoms. The second kappa shape index (κ2) is 4.23. The Bertz CT molecular complexity index is 399. The zero-order valence-electron chi connectivity index (χ0n) is 8.68. The number of hydrogen-bond donors (Lipinski definition) is 0. The van der Waals surface area contributed by atoms with E-state index in [2.05, 4.69) is 0 Å². The summed E-state index contributed by atoms with van der Waals surface area (Å²) in [5.74, 6) is 0.883. The predicted octanol–water partition coefficient (Wildman–Crippen LogP) is 3.26. The summed E-state index contributed by atoms with van der Waals surface area (Å²) in [5.41, 5.74) is 1.73. The molecule has 2 rings (SSSR count). The lowest BCUT2D eigenvalue weighted by Gasteiger charge is -2.17. The van der Waals surface area contributed by atoms with Crippen molar-refractivity contribution in [3.63, 3.8) is 0 Å². The molecule has 0 aromatic heterocycles. The van der Waals surface area contributed by atoms with Gasteiger partial charge in [-0.3, -0.25) is 4.79 Å². The van der Waals surface area contributed by atoms with Crippen LogP contribution < -0.4 is 4.74 Å². The Balaban J connectivity index is 2.47. The predicted molar refractivity (Wildman–Crippen MR) is 59.9 cm³/mol. The van der Waals surface area contributed by atoms with E-state index in [-0.39, 0.29) is 5.78 Å². The summed E-state index contributed by atoms with van der Waals surface area (Å²) in [4.78, 5) is 11.6. The minimum absolute atomic E-state index is 0.196. The van der Waals surface area contributed by atoms with Crippen LogP contribution in [0, 0.1) is 0 Å². The minimum Gasteiger partial charge on any atom is -0.492 e. The molecule has 0 heterocycles. The maximum atomic E-state index is 11.6. The van der Waals surface area contributed by atoms with Crippen LogP contribution >= 0.6 is 11.6 Å². The van der Waals surface area contributed by atoms with Crippen LogP contribution in [0.2, 0.25) is 5.02 Å². The largest absolute Gasteiger partial charge is 0.492 e. The van der Waals surface area contributed by atoms with E-state index in [4.69, 9.17) is 16.3 Å². The van der Waals surface area contributed by atoms with Crippen LogP contribution in [0.3, 0.4) is 0 Å². The van der Waals surface area contributed by atoms with Crippen molar-refractivity contribution in [3.05, 3.63) is 28.3 Å². The average molecular weight is 225 g/mol. The molecule has 0 spiro atoms. The molecule has 2 nitrogen and oxygen atoms in total. The normalized spacial score (nSPS) is 14.9. The number of carbonyl (C=O) groups is 1. The highest BCUT2D eigenvalue weighted by Crippen LogP contribution is 2.34. The summed E-state index contributed by atoms with van der Waals surface area (Å²) in [6.45, 7) is 2.51. The summed E-state index contributed by atoms with van der Waals surface area (Å²) < 4.78 is 5.39. The molecular weight excluding hydrogens is 212 g/mol. The highest BCUT2D eigenvalue weighted by Gasteiger charge is 2.21. The van der Waals surface area contributed by atoms with Crippen molar-refractivity contribution in [1.29, 1.82) is 0 Å². The fourth-order valence-corrected chi connectivity index (χ4v) is 2.25. The van der Waals surface area contributed by atoms with Gasteiger partial charge < -0.3 is 4.74 Å². The smallest absolute Gasteiger partial charge is 0.163 e. The van der Waals surface area contributed by atoms with Crippen molar-refractivity contribution in [2.45, 2.75) is 26.2 Å². The zero-order valence-corrected chi connectivity index (χ0v) is 9.43. The Morgan fingerprint density at radius 2 is 2.20 bits per heavy atom. The first kappa shape index (κ1) is 10.5. The summed E-state index contributed by atoms with van der Waals surface area (Å²) >= 11 is 6.19. The van der Waals surface area contributed by atoms with Crippen molar-refractivity contribution in [3.8, 4) is 5.75 Å². The molecule has 0 atom stereocenters. The van der Waals surface area contributed by atoms with Crippen molar-refractivity contribution in [1.82, 2.24) is 0 Å². The Morgan fingerprint density at radius 1 is 1.40 bits per heavy atom. The fraction of sp³-hybridized carbons (Fsp3) is 0.417. The topological polar surface area (TPSA) is 26.3 Å². The van der Waals surface area contributed by atoms with Gasteiger partial charge in [0.25, 0.3) is 0 Å². The number of Topliss-reactive ketones (excluding diaryl/α,β-unsaturated/α-hetero) is 1. The lowest BCUT2D eigenvalue weighted by molar-refractivity contribution is 0.0972. The van der Waals surface area contributed by atoms with Gasteiger partial charge in [-0.15, -0.1) is 0 Å². The van der Waals surface area contributed by atoms with Crippen LogP contribution in [0.25, 0.3) is 0 Å². The molecule has 1 aliphatic carbocycles. The zero-order chi connectivity index (χ0) is 10.8. The van der Waals surface area contributed by atoms with Gasteiger partial charge in [-0.2, -0.15) is 0 Å². The maximum absolute atomic E-state index is 11.6. The second-order valence-electron chi connectivity index (χ2n) is 3.61. The molecule has 80 valence electrons. The van der Waals surface area contributed by atoms with Crippen LogP contribution in [0.4, 0.5) is 0 Å². The Hall–Kier alpha value is -1.02. The molecule has 0 unspecified atom stereocenters. The van der Waals surface area contributed by atoms with Crippen molar-refractivity contribution in [2.24, 2.45) is 0 Å². The van der Waals surface area contributed by atoms with Gasteiger partial charge in [0.2, 0.25) is 0 Å². The number of hydrogen-bond acceptors (Lipinski definition) is 2. The lowest BCUT2D eigenvalue weighted by atomic mass is 9.90. The quantitative estimate of drug-likeness (QED) is 0.771. The van der Waals surface area contributed by atoms with Crippen molar-refractivity contribution < 1.29 is 9.53 Å². The molecule has 0 bridgehead atoms. The molecule has 0 saturated heterocycles. The Labute approximate surface area is 94.2 Å². The van der Waals surface area contributed by atoms with Crippen molar-refractivity contribution in [2.75, 3.05) is 6.61 Å². The third kappa shape index (κ3) is 1.86. The molecule has 1 aromatic carbocycles. The van der Waals surface area contributed by atoms with Gasteiger partial charge in [0.15, 0.2) is 5.78 Å². The standard InChI is InChI=1S/C12H13ClO2/c1-2-15-11-7-6-8-9(12(11)13)4-3-5-10(8)14/h6-7H,2-5H2,1H3. The van der Waals surface area contributed by atoms with E-state index in [1.165, 1.54) is 0 Å². The third-order valence-corrected chi connectivity index (χ3v) is 3.05. The van der Waals surface area contributed by atoms with E-state index in [1.807, 2.05) is 13.0 Å². The first-order valence-electron chi connectivity index (χ1n) is 5.21. The van der Waals surface area contributed by atoms with Crippen LogP contribution in [0.1, 0.15) is 35.7 Å². The maximum Gasteiger partial charge on any atom is 0.163 e. The third-order valence-electron chi connectivity index (χ3n) is 2.64. The number of fused-ring (bicyclic) bond motifs is 1. The van der Waals surface area contributed by atoms with E-state index < -0.39 is 0 Å². The van der Waals surface area contributed by atoms with E-state index in [1.54, 1.807) is 6.07 Å². The van der Waals surface area contributed by atoms with Gasteiger partial charge in [-0.1, -0.05) is 11.6 Å². The number of ketones is 1. The van der Waals surface area contributed by atoms with Crippen molar-refractivity contribution >= 4 is 17.4 Å². The number of benzene rings is 1. The fourth-order valence-electron chi connectivity index (χ4n) is 1.93. The summed E-state index contributed by atoms with van der Waals surface area (Å²) in [7, 11) is 0. The Morgan fingerprint density at radius 3 is 2.93 bits per heavy atom. The van der Waals surface area contributed by atoms with Crippen LogP contribution in [-0.4, -0.2) is 12.4 Å². The van der Waals surface area contributed by atoms with Gasteiger partial charge in [-0.25, -0.2) is 0 Å². The van der Waals surface area contributed by atoms with E-state index in [9.17, 15) is 4.79 Å². The number of carbonyl (C=O) groups excluding carboxylic acids is 1. The van der Waals surface area contributed by atoms with Gasteiger partial charge in [0.1, 0.15) is 5.75 Å². The number of rotatable bonds is 2. The summed E-state index contributed by atoms with van der Waals surface area (Å²) in [6, 6.07) is 3.61. The van der Waals surface area contributed by atoms with E-state index >= 15 is 0 Å². The molecule has 0 radical (unpaired) electrons. The second-order valence-corrected chi connectivity index (χ2v) is 3.99. The van der Waals surface area contributed by atoms with Crippen LogP contribution in [0.15, 0.2) is 12.1 Å². The molecule has 0 N–H and O–H groups in total. The molecule has 0 saturated carbocycles. The average Bonchev–Trinajstić information content (AvgIpc) is 2.23. The molecule has 0 fully saturated rings. The van der Waals surface area contributed by atoms with Gasteiger partial charge >= 0.3 is 0 Å². The summed E-state index contributed by atoms with van der Waals surface area (Å²) in [5, 5.41) is 0.613. The van der Waals surface area contributed by atoms with Crippen LogP contribution in [0.5, 0.6) is 5.75 Å². The molecule has 3 heteroatoms. The van der Waals surface area contributed by atoms with Gasteiger partial charge in [-0.05, 0) is 37.5 Å². The first-order valence-corrected chi connectivity index (χ1v) is 5.59. The monoisotopic (exact) mass is 224 g/mol. The summed E-state index contributed by atoms with van der Waals surface area (Å²) in [6.07, 6.45) is 2.40. The molecular formula is C12H13ClO2. The van der Waals surface area contributed by atoms with E-state index in [0.717, 1.165) is 24.0 Å². The van der Waals surface area contributed by atoms with Gasteiger partial charge in [0.05, 0.1) is 11.6 Å². The SMILES string of the molecule is CCOc1ccc2c(c1Cl)CCCC2=O. The van der Waals surface area contributed by atoms with Gasteiger partial charge in [0, 0.05) is 12.0 Å². The highest BCUT2D eigenvalue weighted by molar-refractivity contribution is 6.33. The molecule has 0 amide bonds. The number of halogens is 1.